The molecule has 5 atom stereocenters. The van der Waals surface area contributed by atoms with Crippen molar-refractivity contribution in [1.82, 2.24) is 15.5 Å². The Balaban J connectivity index is 0.00000218. The summed E-state index contributed by atoms with van der Waals surface area (Å²) in [4.78, 5) is 9.15. The van der Waals surface area contributed by atoms with Crippen molar-refractivity contribution in [2.75, 3.05) is 33.3 Å². The largest absolute Gasteiger partial charge is 0.377 e. The topological polar surface area (TPSA) is 48.9 Å². The summed E-state index contributed by atoms with van der Waals surface area (Å²) in [6.45, 7) is 6.11. The van der Waals surface area contributed by atoms with Crippen LogP contribution in [0.3, 0.4) is 0 Å². The monoisotopic (exact) mass is 544 g/mol. The van der Waals surface area contributed by atoms with Gasteiger partial charge in [0.25, 0.3) is 0 Å². The Hall–Kier alpha value is -0.380. The highest BCUT2D eigenvalue weighted by Gasteiger charge is 2.66. The molecule has 5 nitrogen and oxygen atoms in total. The molecule has 3 heterocycles. The van der Waals surface area contributed by atoms with Gasteiger partial charge in [-0.3, -0.25) is 9.89 Å². The Labute approximate surface area is 202 Å². The molecule has 5 rings (SSSR count). The van der Waals surface area contributed by atoms with Crippen molar-refractivity contribution in [1.29, 1.82) is 0 Å². The van der Waals surface area contributed by atoms with Gasteiger partial charge in [-0.15, -0.1) is 35.3 Å². The summed E-state index contributed by atoms with van der Waals surface area (Å²) in [5.41, 5.74) is 0.391. The van der Waals surface area contributed by atoms with E-state index in [-0.39, 0.29) is 24.0 Å². The number of fused-ring (bicyclic) bond motifs is 2. The number of hydrogen-bond donors (Lipinski definition) is 2. The van der Waals surface area contributed by atoms with Crippen LogP contribution in [0.5, 0.6) is 0 Å². The second kappa shape index (κ2) is 9.63. The molecule has 1 aromatic heterocycles. The fourth-order valence-electron chi connectivity index (χ4n) is 6.49. The molecule has 168 valence electrons. The minimum absolute atomic E-state index is 0. The molecule has 7 heteroatoms. The van der Waals surface area contributed by atoms with Crippen molar-refractivity contribution in [2.45, 2.75) is 63.6 Å². The van der Waals surface area contributed by atoms with Crippen LogP contribution in [-0.2, 0) is 4.74 Å². The number of likely N-dealkylation sites (tertiary alicyclic amines) is 1. The van der Waals surface area contributed by atoms with Gasteiger partial charge in [-0.2, -0.15) is 0 Å². The van der Waals surface area contributed by atoms with Gasteiger partial charge in [0.2, 0.25) is 0 Å². The zero-order valence-corrected chi connectivity index (χ0v) is 21.5. The lowest BCUT2D eigenvalue weighted by Crippen LogP contribution is -2.72. The van der Waals surface area contributed by atoms with Gasteiger partial charge < -0.3 is 15.4 Å². The average molecular weight is 545 g/mol. The Bertz CT molecular complexity index is 723. The molecule has 2 aliphatic heterocycles. The standard InChI is InChI=1S/C23H36N4OS.HI/c1-3-24-22(26-20-17-9-13-28-21(17)23(20)10-6-11-23)25-15-16-7-4-12-27(2)19(16)18-8-5-14-29-18;/h5,8,14,16-17,19-21H,3-4,6-7,9-13,15H2,1-2H3,(H2,24,25,26);1H. The molecular formula is C23H37IN4OS. The van der Waals surface area contributed by atoms with Crippen molar-refractivity contribution >= 4 is 41.3 Å². The second-order valence-electron chi connectivity index (χ2n) is 9.52. The van der Waals surface area contributed by atoms with Crippen LogP contribution in [-0.4, -0.2) is 56.3 Å². The normalized spacial score (nSPS) is 35.1. The van der Waals surface area contributed by atoms with Crippen molar-refractivity contribution < 1.29 is 4.74 Å². The minimum Gasteiger partial charge on any atom is -0.377 e. The molecule has 0 bridgehead atoms. The molecule has 2 saturated heterocycles. The van der Waals surface area contributed by atoms with Crippen LogP contribution in [0.1, 0.15) is 56.4 Å². The number of rotatable bonds is 5. The van der Waals surface area contributed by atoms with Crippen LogP contribution in [0.4, 0.5) is 0 Å². The average Bonchev–Trinajstić information content (AvgIpc) is 3.34. The van der Waals surface area contributed by atoms with Crippen molar-refractivity contribution in [3.63, 3.8) is 0 Å². The number of piperidine rings is 1. The van der Waals surface area contributed by atoms with E-state index in [1.807, 2.05) is 11.3 Å². The first-order chi connectivity index (χ1) is 14.2. The molecule has 30 heavy (non-hydrogen) atoms. The molecule has 0 radical (unpaired) electrons. The number of thiophene rings is 1. The highest BCUT2D eigenvalue weighted by molar-refractivity contribution is 14.0. The van der Waals surface area contributed by atoms with Gasteiger partial charge in [0.05, 0.1) is 6.10 Å². The highest BCUT2D eigenvalue weighted by atomic mass is 127. The van der Waals surface area contributed by atoms with Gasteiger partial charge in [0, 0.05) is 48.0 Å². The van der Waals surface area contributed by atoms with Crippen LogP contribution in [0.25, 0.3) is 0 Å². The fraction of sp³-hybridized carbons (Fsp3) is 0.783. The van der Waals surface area contributed by atoms with Crippen molar-refractivity contribution in [3.05, 3.63) is 22.4 Å². The smallest absolute Gasteiger partial charge is 0.191 e. The maximum Gasteiger partial charge on any atom is 0.191 e. The summed E-state index contributed by atoms with van der Waals surface area (Å²) < 4.78 is 6.10. The van der Waals surface area contributed by atoms with E-state index in [4.69, 9.17) is 9.73 Å². The number of nitrogens with zero attached hydrogens (tertiary/aromatic N) is 2. The van der Waals surface area contributed by atoms with E-state index >= 15 is 0 Å². The maximum atomic E-state index is 6.10. The summed E-state index contributed by atoms with van der Waals surface area (Å²) in [5, 5.41) is 9.61. The first-order valence-corrected chi connectivity index (χ1v) is 12.5. The Morgan fingerprint density at radius 1 is 1.33 bits per heavy atom. The van der Waals surface area contributed by atoms with E-state index in [0.29, 0.717) is 35.4 Å². The summed E-state index contributed by atoms with van der Waals surface area (Å²) in [6.07, 6.45) is 8.24. The van der Waals surface area contributed by atoms with Crippen LogP contribution >= 0.6 is 35.3 Å². The number of nitrogens with one attached hydrogen (secondary N) is 2. The maximum absolute atomic E-state index is 6.10. The first kappa shape index (κ1) is 22.8. The molecular weight excluding hydrogens is 507 g/mol. The molecule has 2 aliphatic carbocycles. The van der Waals surface area contributed by atoms with Crippen LogP contribution in [0.15, 0.2) is 22.5 Å². The summed E-state index contributed by atoms with van der Waals surface area (Å²) >= 11 is 1.89. The van der Waals surface area contributed by atoms with Gasteiger partial charge in [0.15, 0.2) is 5.96 Å². The lowest BCUT2D eigenvalue weighted by atomic mass is 9.46. The van der Waals surface area contributed by atoms with Crippen LogP contribution in [0, 0.1) is 17.3 Å². The number of guanidine groups is 1. The molecule has 1 spiro atoms. The molecule has 4 fully saturated rings. The predicted octanol–water partition coefficient (Wildman–Crippen LogP) is 4.26. The Morgan fingerprint density at radius 2 is 2.20 bits per heavy atom. The molecule has 4 aliphatic rings. The van der Waals surface area contributed by atoms with Crippen LogP contribution in [0.2, 0.25) is 0 Å². The summed E-state index contributed by atoms with van der Waals surface area (Å²) in [7, 11) is 2.28. The van der Waals surface area contributed by atoms with Crippen molar-refractivity contribution in [3.8, 4) is 0 Å². The molecule has 2 N–H and O–H groups in total. The fourth-order valence-corrected chi connectivity index (χ4v) is 7.47. The van der Waals surface area contributed by atoms with E-state index in [2.05, 4.69) is 47.0 Å². The van der Waals surface area contributed by atoms with Gasteiger partial charge in [-0.05, 0) is 70.0 Å². The third-order valence-corrected chi connectivity index (χ3v) is 8.94. The lowest BCUT2D eigenvalue weighted by Gasteiger charge is -2.63. The lowest BCUT2D eigenvalue weighted by molar-refractivity contribution is -0.171. The predicted molar refractivity (Wildman–Crippen MR) is 135 cm³/mol. The SMILES string of the molecule is CCNC(=NCC1CCCN(C)C1c1cccs1)NC1C2CCOC2C12CCC2.I. The zero-order chi connectivity index (χ0) is 19.8. The molecule has 5 unspecified atom stereocenters. The Kier molecular flexibility index (Phi) is 7.32. The number of halogens is 1. The Morgan fingerprint density at radius 3 is 2.90 bits per heavy atom. The van der Waals surface area contributed by atoms with Crippen molar-refractivity contribution in [2.24, 2.45) is 22.2 Å². The molecule has 0 amide bonds. The third kappa shape index (κ3) is 3.92. The molecule has 0 aromatic carbocycles. The highest BCUT2D eigenvalue weighted by Crippen LogP contribution is 2.62. The number of aliphatic imine (C=N–C) groups is 1. The number of ether oxygens (including phenoxy) is 1. The zero-order valence-electron chi connectivity index (χ0n) is 18.3. The van der Waals surface area contributed by atoms with E-state index < -0.39 is 0 Å². The summed E-state index contributed by atoms with van der Waals surface area (Å²) in [5.74, 6) is 2.29. The molecule has 2 saturated carbocycles. The number of hydrogen-bond acceptors (Lipinski definition) is 4. The quantitative estimate of drug-likeness (QED) is 0.331. The summed E-state index contributed by atoms with van der Waals surface area (Å²) in [6, 6.07) is 5.53. The van der Waals surface area contributed by atoms with E-state index in [1.54, 1.807) is 0 Å². The van der Waals surface area contributed by atoms with E-state index in [9.17, 15) is 0 Å². The van der Waals surface area contributed by atoms with E-state index in [1.165, 1.54) is 49.9 Å². The van der Waals surface area contributed by atoms with Gasteiger partial charge >= 0.3 is 0 Å². The van der Waals surface area contributed by atoms with Crippen LogP contribution < -0.4 is 10.6 Å². The van der Waals surface area contributed by atoms with E-state index in [0.717, 1.165) is 25.7 Å². The first-order valence-electron chi connectivity index (χ1n) is 11.6. The molecule has 1 aromatic rings. The third-order valence-electron chi connectivity index (χ3n) is 8.00. The van der Waals surface area contributed by atoms with Gasteiger partial charge in [-0.25, -0.2) is 0 Å². The minimum atomic E-state index is 0. The second-order valence-corrected chi connectivity index (χ2v) is 10.5. The van der Waals surface area contributed by atoms with Gasteiger partial charge in [0.1, 0.15) is 0 Å². The van der Waals surface area contributed by atoms with Gasteiger partial charge in [-0.1, -0.05) is 12.5 Å².